The second-order valence-electron chi connectivity index (χ2n) is 11.8. The van der Waals surface area contributed by atoms with Gasteiger partial charge in [-0.05, 0) is 53.2 Å². The molecule has 1 aromatic carbocycles. The number of anilines is 1. The Hall–Kier alpha value is -2.96. The molecule has 0 saturated carbocycles. The third kappa shape index (κ3) is 5.14. The van der Waals surface area contributed by atoms with Crippen LogP contribution in [0, 0.1) is 12.7 Å². The molecular weight excluding hydrogens is 529 g/mol. The number of halogens is 1. The highest BCUT2D eigenvalue weighted by molar-refractivity contribution is 5.85. The van der Waals surface area contributed by atoms with E-state index in [2.05, 4.69) is 52.4 Å². The highest BCUT2D eigenvalue weighted by Gasteiger charge is 2.43. The van der Waals surface area contributed by atoms with Gasteiger partial charge in [0.05, 0.1) is 43.7 Å². The number of aliphatic hydroxyl groups excluding tert-OH is 1. The molecule has 5 heterocycles. The van der Waals surface area contributed by atoms with E-state index < -0.39 is 24.3 Å². The number of nitrogens with zero attached hydrogens (tertiary/aromatic N) is 4. The number of aliphatic hydroxyl groups is 1. The molecular formula is C30H38FN5O5. The molecule has 6 rings (SSSR count). The van der Waals surface area contributed by atoms with Gasteiger partial charge in [-0.15, -0.1) is 0 Å². The van der Waals surface area contributed by atoms with Crippen LogP contribution in [-0.2, 0) is 20.8 Å². The maximum atomic E-state index is 15.2. The van der Waals surface area contributed by atoms with Crippen molar-refractivity contribution in [2.75, 3.05) is 25.1 Å². The van der Waals surface area contributed by atoms with Crippen LogP contribution in [0.25, 0.3) is 22.2 Å². The Morgan fingerprint density at radius 1 is 1.20 bits per heavy atom. The molecule has 10 nitrogen and oxygen atoms in total. The van der Waals surface area contributed by atoms with Crippen molar-refractivity contribution in [3.8, 4) is 11.3 Å². The number of benzene rings is 1. The van der Waals surface area contributed by atoms with Gasteiger partial charge in [-0.2, -0.15) is 0 Å². The van der Waals surface area contributed by atoms with Crippen LogP contribution >= 0.6 is 0 Å². The second-order valence-corrected chi connectivity index (χ2v) is 11.8. The Morgan fingerprint density at radius 3 is 2.68 bits per heavy atom. The van der Waals surface area contributed by atoms with E-state index in [1.54, 1.807) is 12.1 Å². The molecule has 41 heavy (non-hydrogen) atoms. The van der Waals surface area contributed by atoms with Crippen LogP contribution in [0.2, 0.25) is 0 Å². The summed E-state index contributed by atoms with van der Waals surface area (Å²) in [6.07, 6.45) is -0.0585. The lowest BCUT2D eigenvalue weighted by molar-refractivity contribution is -0.156. The number of pyridine rings is 1. The summed E-state index contributed by atoms with van der Waals surface area (Å²) >= 11 is 0. The summed E-state index contributed by atoms with van der Waals surface area (Å²) in [6, 6.07) is 5.42. The molecule has 6 atom stereocenters. The van der Waals surface area contributed by atoms with Crippen LogP contribution in [0.4, 0.5) is 10.3 Å². The quantitative estimate of drug-likeness (QED) is 0.463. The first-order chi connectivity index (χ1) is 19.6. The monoisotopic (exact) mass is 567 g/mol. The normalized spacial score (nSPS) is 28.5. The van der Waals surface area contributed by atoms with Crippen LogP contribution in [0.5, 0.6) is 0 Å². The highest BCUT2D eigenvalue weighted by Crippen LogP contribution is 2.31. The highest BCUT2D eigenvalue weighted by atomic mass is 19.1. The third-order valence-electron chi connectivity index (χ3n) is 8.58. The topological polar surface area (TPSA) is 111 Å². The summed E-state index contributed by atoms with van der Waals surface area (Å²) in [7, 11) is 0. The molecule has 3 aromatic rings. The minimum Gasteiger partial charge on any atom is -0.386 e. The SMILES string of the molecule is Cc1c(CN2[C@@H](C)COC[C@@H]2C)n(C(C)C)c2cc(-c3nc(N[C@@H]4C[C@H]5CO[C@H](O5)[C@H]4O)ncc3F)ccc2c1=O. The van der Waals surface area contributed by atoms with Crippen molar-refractivity contribution in [3.05, 3.63) is 51.7 Å². The lowest BCUT2D eigenvalue weighted by Gasteiger charge is -2.39. The number of morpholine rings is 1. The average molecular weight is 568 g/mol. The second kappa shape index (κ2) is 11.0. The Balaban J connectivity index is 1.40. The lowest BCUT2D eigenvalue weighted by Crippen LogP contribution is -2.49. The summed E-state index contributed by atoms with van der Waals surface area (Å²) in [5, 5.41) is 14.3. The Bertz CT molecular complexity index is 1500. The van der Waals surface area contributed by atoms with E-state index in [-0.39, 0.29) is 41.3 Å². The molecule has 3 fully saturated rings. The zero-order valence-electron chi connectivity index (χ0n) is 24.1. The van der Waals surface area contributed by atoms with Crippen LogP contribution in [-0.4, -0.2) is 81.0 Å². The van der Waals surface area contributed by atoms with Crippen molar-refractivity contribution in [2.45, 2.75) is 90.2 Å². The van der Waals surface area contributed by atoms with E-state index in [0.29, 0.717) is 43.7 Å². The maximum absolute atomic E-state index is 15.2. The van der Waals surface area contributed by atoms with Gasteiger partial charge in [-0.25, -0.2) is 14.4 Å². The van der Waals surface area contributed by atoms with Crippen LogP contribution in [0.15, 0.2) is 29.2 Å². The molecule has 2 N–H and O–H groups in total. The zero-order valence-corrected chi connectivity index (χ0v) is 24.1. The zero-order chi connectivity index (χ0) is 29.0. The number of aromatic nitrogens is 3. The summed E-state index contributed by atoms with van der Waals surface area (Å²) in [5.74, 6) is -0.374. The fourth-order valence-corrected chi connectivity index (χ4v) is 6.37. The summed E-state index contributed by atoms with van der Waals surface area (Å²) in [6.45, 7) is 12.7. The summed E-state index contributed by atoms with van der Waals surface area (Å²) < 4.78 is 34.2. The van der Waals surface area contributed by atoms with Gasteiger partial charge in [-0.1, -0.05) is 6.07 Å². The smallest absolute Gasteiger partial charge is 0.223 e. The van der Waals surface area contributed by atoms with E-state index in [4.69, 9.17) is 14.2 Å². The van der Waals surface area contributed by atoms with Gasteiger partial charge < -0.3 is 29.2 Å². The third-order valence-corrected chi connectivity index (χ3v) is 8.58. The van der Waals surface area contributed by atoms with Gasteiger partial charge in [-0.3, -0.25) is 9.69 Å². The molecule has 3 aliphatic rings. The summed E-state index contributed by atoms with van der Waals surface area (Å²) in [5.41, 5.74) is 3.03. The molecule has 3 saturated heterocycles. The van der Waals surface area contributed by atoms with Crippen molar-refractivity contribution in [3.63, 3.8) is 0 Å². The van der Waals surface area contributed by atoms with Gasteiger partial charge >= 0.3 is 0 Å². The van der Waals surface area contributed by atoms with Crippen molar-refractivity contribution in [1.29, 1.82) is 0 Å². The van der Waals surface area contributed by atoms with E-state index in [1.807, 2.05) is 13.0 Å². The van der Waals surface area contributed by atoms with Crippen molar-refractivity contribution in [1.82, 2.24) is 19.4 Å². The maximum Gasteiger partial charge on any atom is 0.223 e. The van der Waals surface area contributed by atoms with E-state index in [1.165, 1.54) is 0 Å². The number of rotatable bonds is 6. The Labute approximate surface area is 238 Å². The number of ether oxygens (including phenoxy) is 3. The van der Waals surface area contributed by atoms with Crippen LogP contribution in [0.3, 0.4) is 0 Å². The van der Waals surface area contributed by atoms with E-state index in [9.17, 15) is 9.90 Å². The Morgan fingerprint density at radius 2 is 1.95 bits per heavy atom. The fraction of sp³-hybridized carbons (Fsp3) is 0.567. The van der Waals surface area contributed by atoms with Crippen molar-refractivity contribution < 1.29 is 23.7 Å². The van der Waals surface area contributed by atoms with Gasteiger partial charge in [0.15, 0.2) is 17.5 Å². The van der Waals surface area contributed by atoms with Crippen molar-refractivity contribution >= 4 is 16.9 Å². The largest absolute Gasteiger partial charge is 0.386 e. The van der Waals surface area contributed by atoms with E-state index in [0.717, 1.165) is 23.0 Å². The fourth-order valence-electron chi connectivity index (χ4n) is 6.37. The van der Waals surface area contributed by atoms with E-state index >= 15 is 4.39 Å². The first-order valence-corrected chi connectivity index (χ1v) is 14.4. The molecule has 2 bridgehead atoms. The van der Waals surface area contributed by atoms with Gasteiger partial charge in [0, 0.05) is 46.9 Å². The minimum atomic E-state index is -0.898. The molecule has 3 aliphatic heterocycles. The molecule has 0 aliphatic carbocycles. The number of hydrogen-bond acceptors (Lipinski definition) is 9. The van der Waals surface area contributed by atoms with Crippen molar-refractivity contribution in [2.24, 2.45) is 0 Å². The molecule has 11 heteroatoms. The van der Waals surface area contributed by atoms with Crippen LogP contribution < -0.4 is 10.7 Å². The number of hydrogen-bond donors (Lipinski definition) is 2. The molecule has 0 radical (unpaired) electrons. The lowest BCUT2D eigenvalue weighted by atomic mass is 10.0. The molecule has 0 unspecified atom stereocenters. The predicted octanol–water partition coefficient (Wildman–Crippen LogP) is 3.38. The first-order valence-electron chi connectivity index (χ1n) is 14.4. The number of nitrogens with one attached hydrogen (secondary N) is 1. The predicted molar refractivity (Wildman–Crippen MR) is 152 cm³/mol. The minimum absolute atomic E-state index is 0.0251. The molecule has 2 aromatic heterocycles. The molecule has 0 spiro atoms. The van der Waals surface area contributed by atoms with Crippen LogP contribution in [0.1, 0.15) is 51.4 Å². The standard InChI is InChI=1S/C30H38FN5O5/c1-15(2)36-24-8-19(6-7-21(24)27(37)18(5)25(36)11-35-16(3)12-39-13-17(35)4)26-22(31)10-32-30(34-26)33-23-9-20-14-40-29(41-20)28(23)38/h6-8,10,15-17,20,23,28-29,38H,9,11-14H2,1-5H3,(H,32,33,34)/t16-,17-,20-,23+,28-,29+/m0/s1. The van der Waals surface area contributed by atoms with Gasteiger partial charge in [0.1, 0.15) is 11.8 Å². The molecule has 220 valence electrons. The Kier molecular flexibility index (Phi) is 7.58. The average Bonchev–Trinajstić information content (AvgIpc) is 3.36. The molecule has 0 amide bonds. The summed E-state index contributed by atoms with van der Waals surface area (Å²) in [4.78, 5) is 24.6. The number of fused-ring (bicyclic) bond motifs is 3. The van der Waals surface area contributed by atoms with Gasteiger partial charge in [0.25, 0.3) is 0 Å². The van der Waals surface area contributed by atoms with Gasteiger partial charge in [0.2, 0.25) is 5.95 Å². The first kappa shape index (κ1) is 28.2.